The standard InChI is InChI=1S/C20H22N2/c1-16-7-9-18(10-8-16)14-22(15-20-11-19(20)12-21)13-17-5-3-2-4-6-17/h2-10,19-20H,11,13-15H2,1H3/t19-,20+/m0/s1. The van der Waals surface area contributed by atoms with Gasteiger partial charge in [0.15, 0.2) is 0 Å². The third-order valence-electron chi connectivity index (χ3n) is 4.36. The van der Waals surface area contributed by atoms with Crippen LogP contribution in [0.4, 0.5) is 0 Å². The van der Waals surface area contributed by atoms with Gasteiger partial charge in [0.25, 0.3) is 0 Å². The summed E-state index contributed by atoms with van der Waals surface area (Å²) in [6, 6.07) is 21.8. The molecule has 0 bridgehead atoms. The van der Waals surface area contributed by atoms with Crippen LogP contribution in [-0.4, -0.2) is 11.4 Å². The summed E-state index contributed by atoms with van der Waals surface area (Å²) in [7, 11) is 0. The number of nitriles is 1. The zero-order valence-electron chi connectivity index (χ0n) is 13.1. The number of aryl methyl sites for hydroxylation is 1. The third kappa shape index (κ3) is 3.96. The van der Waals surface area contributed by atoms with Crippen LogP contribution in [0, 0.1) is 30.1 Å². The molecule has 2 heteroatoms. The lowest BCUT2D eigenvalue weighted by atomic mass is 10.1. The Morgan fingerprint density at radius 1 is 1.00 bits per heavy atom. The Labute approximate surface area is 133 Å². The second kappa shape index (κ2) is 6.77. The van der Waals surface area contributed by atoms with E-state index in [0.29, 0.717) is 5.92 Å². The summed E-state index contributed by atoms with van der Waals surface area (Å²) >= 11 is 0. The van der Waals surface area contributed by atoms with Gasteiger partial charge in [-0.25, -0.2) is 0 Å². The number of nitrogens with zero attached hydrogens (tertiary/aromatic N) is 2. The Morgan fingerprint density at radius 3 is 2.23 bits per heavy atom. The van der Waals surface area contributed by atoms with Crippen molar-refractivity contribution in [2.24, 2.45) is 11.8 Å². The molecule has 2 aromatic rings. The molecule has 0 saturated heterocycles. The lowest BCUT2D eigenvalue weighted by Gasteiger charge is -2.22. The van der Waals surface area contributed by atoms with Gasteiger partial charge in [0, 0.05) is 19.6 Å². The summed E-state index contributed by atoms with van der Waals surface area (Å²) < 4.78 is 0. The molecule has 0 N–H and O–H groups in total. The van der Waals surface area contributed by atoms with Crippen LogP contribution < -0.4 is 0 Å². The molecule has 2 nitrogen and oxygen atoms in total. The summed E-state index contributed by atoms with van der Waals surface area (Å²) in [5, 5.41) is 9.03. The van der Waals surface area contributed by atoms with Gasteiger partial charge in [0.2, 0.25) is 0 Å². The van der Waals surface area contributed by atoms with Crippen LogP contribution in [-0.2, 0) is 13.1 Å². The maximum Gasteiger partial charge on any atom is 0.0659 e. The minimum Gasteiger partial charge on any atom is -0.295 e. The Kier molecular flexibility index (Phi) is 4.56. The van der Waals surface area contributed by atoms with Crippen molar-refractivity contribution >= 4 is 0 Å². The molecular formula is C20H22N2. The first-order chi connectivity index (χ1) is 10.7. The van der Waals surface area contributed by atoms with Gasteiger partial charge in [-0.05, 0) is 30.4 Å². The Morgan fingerprint density at radius 2 is 1.64 bits per heavy atom. The maximum atomic E-state index is 9.03. The molecule has 1 saturated carbocycles. The van der Waals surface area contributed by atoms with Gasteiger partial charge in [0.05, 0.1) is 12.0 Å². The predicted molar refractivity (Wildman–Crippen MR) is 88.9 cm³/mol. The van der Waals surface area contributed by atoms with E-state index in [4.69, 9.17) is 5.26 Å². The first kappa shape index (κ1) is 14.8. The number of benzene rings is 2. The van der Waals surface area contributed by atoms with E-state index in [2.05, 4.69) is 72.5 Å². The van der Waals surface area contributed by atoms with Gasteiger partial charge in [-0.3, -0.25) is 4.90 Å². The van der Waals surface area contributed by atoms with Crippen LogP contribution in [0.2, 0.25) is 0 Å². The molecule has 3 rings (SSSR count). The molecule has 0 aromatic heterocycles. The number of hydrogen-bond acceptors (Lipinski definition) is 2. The first-order valence-electron chi connectivity index (χ1n) is 7.96. The first-order valence-corrected chi connectivity index (χ1v) is 7.96. The molecule has 1 aliphatic rings. The molecular weight excluding hydrogens is 268 g/mol. The highest BCUT2D eigenvalue weighted by Crippen LogP contribution is 2.38. The number of rotatable bonds is 6. The molecule has 1 aliphatic carbocycles. The Balaban J connectivity index is 1.68. The fourth-order valence-electron chi connectivity index (χ4n) is 2.92. The largest absolute Gasteiger partial charge is 0.295 e. The van der Waals surface area contributed by atoms with E-state index in [1.54, 1.807) is 0 Å². The van der Waals surface area contributed by atoms with Crippen LogP contribution in [0.3, 0.4) is 0 Å². The summed E-state index contributed by atoms with van der Waals surface area (Å²) in [6.45, 7) is 5.03. The molecule has 112 valence electrons. The molecule has 0 heterocycles. The minimum atomic E-state index is 0.274. The zero-order valence-corrected chi connectivity index (χ0v) is 13.1. The highest BCUT2D eigenvalue weighted by Gasteiger charge is 2.38. The monoisotopic (exact) mass is 290 g/mol. The normalized spacial score (nSPS) is 19.9. The summed E-state index contributed by atoms with van der Waals surface area (Å²) in [4.78, 5) is 2.47. The predicted octanol–water partition coefficient (Wildman–Crippen LogP) is 4.16. The SMILES string of the molecule is Cc1ccc(CN(Cc2ccccc2)C[C@H]2C[C@H]2C#N)cc1. The van der Waals surface area contributed by atoms with E-state index < -0.39 is 0 Å². The maximum absolute atomic E-state index is 9.03. The number of hydrogen-bond donors (Lipinski definition) is 0. The second-order valence-corrected chi connectivity index (χ2v) is 6.37. The van der Waals surface area contributed by atoms with E-state index in [1.165, 1.54) is 16.7 Å². The van der Waals surface area contributed by atoms with E-state index in [0.717, 1.165) is 26.1 Å². The lowest BCUT2D eigenvalue weighted by Crippen LogP contribution is -2.25. The Bertz CT molecular complexity index is 640. The van der Waals surface area contributed by atoms with Crippen molar-refractivity contribution in [1.82, 2.24) is 4.90 Å². The van der Waals surface area contributed by atoms with Crippen LogP contribution in [0.1, 0.15) is 23.1 Å². The van der Waals surface area contributed by atoms with Gasteiger partial charge in [-0.15, -0.1) is 0 Å². The molecule has 0 amide bonds. The minimum absolute atomic E-state index is 0.274. The molecule has 1 fully saturated rings. The van der Waals surface area contributed by atoms with Crippen molar-refractivity contribution in [3.8, 4) is 6.07 Å². The van der Waals surface area contributed by atoms with Gasteiger partial charge in [0.1, 0.15) is 0 Å². The van der Waals surface area contributed by atoms with E-state index in [9.17, 15) is 0 Å². The van der Waals surface area contributed by atoms with Gasteiger partial charge in [-0.2, -0.15) is 5.26 Å². The van der Waals surface area contributed by atoms with Crippen molar-refractivity contribution < 1.29 is 0 Å². The van der Waals surface area contributed by atoms with Crippen molar-refractivity contribution in [2.75, 3.05) is 6.54 Å². The van der Waals surface area contributed by atoms with Crippen molar-refractivity contribution in [1.29, 1.82) is 5.26 Å². The second-order valence-electron chi connectivity index (χ2n) is 6.37. The van der Waals surface area contributed by atoms with E-state index in [-0.39, 0.29) is 5.92 Å². The van der Waals surface area contributed by atoms with Crippen LogP contribution in [0.5, 0.6) is 0 Å². The molecule has 2 atom stereocenters. The topological polar surface area (TPSA) is 27.0 Å². The summed E-state index contributed by atoms with van der Waals surface area (Å²) in [5.74, 6) is 0.829. The zero-order chi connectivity index (χ0) is 15.4. The quantitative estimate of drug-likeness (QED) is 0.799. The molecule has 0 aliphatic heterocycles. The van der Waals surface area contributed by atoms with Crippen molar-refractivity contribution in [2.45, 2.75) is 26.4 Å². The third-order valence-corrected chi connectivity index (χ3v) is 4.36. The molecule has 0 radical (unpaired) electrons. The van der Waals surface area contributed by atoms with E-state index >= 15 is 0 Å². The van der Waals surface area contributed by atoms with Gasteiger partial charge < -0.3 is 0 Å². The van der Waals surface area contributed by atoms with Crippen molar-refractivity contribution in [3.05, 3.63) is 71.3 Å². The van der Waals surface area contributed by atoms with Crippen molar-refractivity contribution in [3.63, 3.8) is 0 Å². The molecule has 0 spiro atoms. The average Bonchev–Trinajstić information content (AvgIpc) is 3.29. The molecule has 0 unspecified atom stereocenters. The molecule has 22 heavy (non-hydrogen) atoms. The Hall–Kier alpha value is -2.11. The average molecular weight is 290 g/mol. The van der Waals surface area contributed by atoms with Gasteiger partial charge >= 0.3 is 0 Å². The highest BCUT2D eigenvalue weighted by atomic mass is 15.1. The van der Waals surface area contributed by atoms with Crippen LogP contribution in [0.25, 0.3) is 0 Å². The summed E-state index contributed by atoms with van der Waals surface area (Å²) in [6.07, 6.45) is 1.07. The lowest BCUT2D eigenvalue weighted by molar-refractivity contribution is 0.243. The fourth-order valence-corrected chi connectivity index (χ4v) is 2.92. The van der Waals surface area contributed by atoms with E-state index in [1.807, 2.05) is 0 Å². The summed E-state index contributed by atoms with van der Waals surface area (Å²) in [5.41, 5.74) is 3.98. The fraction of sp³-hybridized carbons (Fsp3) is 0.350. The highest BCUT2D eigenvalue weighted by molar-refractivity contribution is 5.22. The van der Waals surface area contributed by atoms with Gasteiger partial charge in [-0.1, -0.05) is 60.2 Å². The van der Waals surface area contributed by atoms with Crippen LogP contribution >= 0.6 is 0 Å². The molecule has 2 aromatic carbocycles. The van der Waals surface area contributed by atoms with Crippen LogP contribution in [0.15, 0.2) is 54.6 Å². The smallest absolute Gasteiger partial charge is 0.0659 e.